The van der Waals surface area contributed by atoms with Gasteiger partial charge in [-0.1, -0.05) is 6.07 Å². The van der Waals surface area contributed by atoms with Gasteiger partial charge in [0, 0.05) is 31.7 Å². The molecule has 1 aliphatic rings. The molecular weight excluding hydrogens is 323 g/mol. The Morgan fingerprint density at radius 1 is 1.25 bits per heavy atom. The summed E-state index contributed by atoms with van der Waals surface area (Å²) in [5, 5.41) is 5.53. The Balaban J connectivity index is 1.79. The van der Waals surface area contributed by atoms with Crippen molar-refractivity contribution < 1.29 is 22.8 Å². The number of anilines is 1. The Bertz CT molecular complexity index is 596. The minimum absolute atomic E-state index is 0.0172. The summed E-state index contributed by atoms with van der Waals surface area (Å²) in [6.07, 6.45) is -3.06. The van der Waals surface area contributed by atoms with E-state index in [0.717, 1.165) is 12.1 Å². The molecule has 0 spiro atoms. The zero-order valence-corrected chi connectivity index (χ0v) is 13.3. The maximum absolute atomic E-state index is 12.6. The number of amides is 2. The molecule has 132 valence electrons. The van der Waals surface area contributed by atoms with Gasteiger partial charge in [-0.2, -0.15) is 13.2 Å². The van der Waals surface area contributed by atoms with Gasteiger partial charge in [0.2, 0.25) is 11.8 Å². The van der Waals surface area contributed by atoms with Gasteiger partial charge < -0.3 is 15.5 Å². The summed E-state index contributed by atoms with van der Waals surface area (Å²) in [4.78, 5) is 24.9. The first-order chi connectivity index (χ1) is 11.3. The molecule has 0 saturated carbocycles. The van der Waals surface area contributed by atoms with Crippen LogP contribution in [0.1, 0.15) is 25.3 Å². The summed E-state index contributed by atoms with van der Waals surface area (Å²) < 4.78 is 37.9. The van der Waals surface area contributed by atoms with Crippen molar-refractivity contribution in [3.8, 4) is 0 Å². The van der Waals surface area contributed by atoms with E-state index in [1.54, 1.807) is 4.90 Å². The molecule has 2 N–H and O–H groups in total. The summed E-state index contributed by atoms with van der Waals surface area (Å²) in [6, 6.07) is 4.71. The summed E-state index contributed by atoms with van der Waals surface area (Å²) >= 11 is 0. The SMILES string of the molecule is CC(=O)N1CCC(NC(=O)CNc2cccc(C(F)(F)F)c2)CC1. The molecule has 1 saturated heterocycles. The van der Waals surface area contributed by atoms with Crippen molar-refractivity contribution >= 4 is 17.5 Å². The number of carbonyl (C=O) groups excluding carboxylic acids is 2. The lowest BCUT2D eigenvalue weighted by Gasteiger charge is -2.31. The van der Waals surface area contributed by atoms with Crippen LogP contribution in [-0.2, 0) is 15.8 Å². The molecule has 24 heavy (non-hydrogen) atoms. The fourth-order valence-electron chi connectivity index (χ4n) is 2.61. The summed E-state index contributed by atoms with van der Waals surface area (Å²) in [5.74, 6) is -0.264. The van der Waals surface area contributed by atoms with Crippen molar-refractivity contribution in [1.29, 1.82) is 0 Å². The minimum Gasteiger partial charge on any atom is -0.376 e. The van der Waals surface area contributed by atoms with Crippen molar-refractivity contribution in [2.24, 2.45) is 0 Å². The van der Waals surface area contributed by atoms with Crippen molar-refractivity contribution in [1.82, 2.24) is 10.2 Å². The lowest BCUT2D eigenvalue weighted by atomic mass is 10.1. The molecule has 8 heteroatoms. The van der Waals surface area contributed by atoms with E-state index in [4.69, 9.17) is 0 Å². The second kappa shape index (κ2) is 7.55. The van der Waals surface area contributed by atoms with Crippen LogP contribution in [0, 0.1) is 0 Å². The van der Waals surface area contributed by atoms with Gasteiger partial charge in [0.15, 0.2) is 0 Å². The quantitative estimate of drug-likeness (QED) is 0.881. The van der Waals surface area contributed by atoms with Crippen LogP contribution in [0.4, 0.5) is 18.9 Å². The first kappa shape index (κ1) is 18.1. The highest BCUT2D eigenvalue weighted by Crippen LogP contribution is 2.30. The molecule has 0 atom stereocenters. The number of likely N-dealkylation sites (tertiary alicyclic amines) is 1. The zero-order valence-electron chi connectivity index (χ0n) is 13.3. The minimum atomic E-state index is -4.41. The predicted octanol–water partition coefficient (Wildman–Crippen LogP) is 2.24. The highest BCUT2D eigenvalue weighted by Gasteiger charge is 2.30. The molecule has 0 aromatic heterocycles. The smallest absolute Gasteiger partial charge is 0.376 e. The van der Waals surface area contributed by atoms with Gasteiger partial charge in [-0.15, -0.1) is 0 Å². The monoisotopic (exact) mass is 343 g/mol. The van der Waals surface area contributed by atoms with E-state index in [2.05, 4.69) is 10.6 Å². The van der Waals surface area contributed by atoms with Crippen LogP contribution in [0.15, 0.2) is 24.3 Å². The fraction of sp³-hybridized carbons (Fsp3) is 0.500. The maximum Gasteiger partial charge on any atom is 0.416 e. The highest BCUT2D eigenvalue weighted by atomic mass is 19.4. The van der Waals surface area contributed by atoms with Crippen molar-refractivity contribution in [2.75, 3.05) is 25.0 Å². The number of nitrogens with one attached hydrogen (secondary N) is 2. The van der Waals surface area contributed by atoms with Gasteiger partial charge in [0.05, 0.1) is 12.1 Å². The third-order valence-electron chi connectivity index (χ3n) is 3.95. The van der Waals surface area contributed by atoms with Gasteiger partial charge in [-0.3, -0.25) is 9.59 Å². The Morgan fingerprint density at radius 2 is 1.92 bits per heavy atom. The Hall–Kier alpha value is -2.25. The van der Waals surface area contributed by atoms with Gasteiger partial charge in [-0.05, 0) is 31.0 Å². The average molecular weight is 343 g/mol. The van der Waals surface area contributed by atoms with E-state index in [1.807, 2.05) is 0 Å². The molecule has 0 aliphatic carbocycles. The van der Waals surface area contributed by atoms with Gasteiger partial charge in [0.1, 0.15) is 0 Å². The predicted molar refractivity (Wildman–Crippen MR) is 83.4 cm³/mol. The van der Waals surface area contributed by atoms with Crippen molar-refractivity contribution in [2.45, 2.75) is 32.0 Å². The lowest BCUT2D eigenvalue weighted by molar-refractivity contribution is -0.137. The molecule has 1 aromatic carbocycles. The van der Waals surface area contributed by atoms with Crippen LogP contribution in [0.25, 0.3) is 0 Å². The van der Waals surface area contributed by atoms with Crippen LogP contribution in [-0.4, -0.2) is 42.4 Å². The van der Waals surface area contributed by atoms with Gasteiger partial charge in [0.25, 0.3) is 0 Å². The Morgan fingerprint density at radius 3 is 2.50 bits per heavy atom. The normalized spacial score (nSPS) is 15.9. The van der Waals surface area contributed by atoms with Crippen LogP contribution in [0.5, 0.6) is 0 Å². The lowest BCUT2D eigenvalue weighted by Crippen LogP contribution is -2.47. The number of nitrogens with zero attached hydrogens (tertiary/aromatic N) is 1. The van der Waals surface area contributed by atoms with Crippen molar-refractivity contribution in [3.05, 3.63) is 29.8 Å². The van der Waals surface area contributed by atoms with Crippen LogP contribution >= 0.6 is 0 Å². The molecule has 0 radical (unpaired) electrons. The van der Waals surface area contributed by atoms with E-state index < -0.39 is 11.7 Å². The standard InChI is InChI=1S/C16H20F3N3O2/c1-11(23)22-7-5-13(6-8-22)21-15(24)10-20-14-4-2-3-12(9-14)16(17,18)19/h2-4,9,13,20H,5-8,10H2,1H3,(H,21,24). The number of halogens is 3. The van der Waals surface area contributed by atoms with Crippen LogP contribution in [0.3, 0.4) is 0 Å². The van der Waals surface area contributed by atoms with Crippen molar-refractivity contribution in [3.63, 3.8) is 0 Å². The summed E-state index contributed by atoms with van der Waals surface area (Å²) in [7, 11) is 0. The number of alkyl halides is 3. The number of hydrogen-bond acceptors (Lipinski definition) is 3. The first-order valence-electron chi connectivity index (χ1n) is 7.71. The number of benzene rings is 1. The third-order valence-corrected chi connectivity index (χ3v) is 3.95. The van der Waals surface area contributed by atoms with Crippen LogP contribution in [0.2, 0.25) is 0 Å². The molecule has 1 fully saturated rings. The van der Waals surface area contributed by atoms with E-state index in [1.165, 1.54) is 19.1 Å². The maximum atomic E-state index is 12.6. The van der Waals surface area contributed by atoms with E-state index in [9.17, 15) is 22.8 Å². The fourth-order valence-corrected chi connectivity index (χ4v) is 2.61. The highest BCUT2D eigenvalue weighted by molar-refractivity contribution is 5.81. The number of hydrogen-bond donors (Lipinski definition) is 2. The number of carbonyl (C=O) groups is 2. The molecule has 2 amide bonds. The molecular formula is C16H20F3N3O2. The summed E-state index contributed by atoms with van der Waals surface area (Å²) in [6.45, 7) is 2.61. The number of piperidine rings is 1. The molecule has 0 bridgehead atoms. The molecule has 2 rings (SSSR count). The number of rotatable bonds is 4. The van der Waals surface area contributed by atoms with Gasteiger partial charge >= 0.3 is 6.18 Å². The molecule has 5 nitrogen and oxygen atoms in total. The molecule has 0 unspecified atom stereocenters. The Labute approximate surface area is 138 Å². The largest absolute Gasteiger partial charge is 0.416 e. The van der Waals surface area contributed by atoms with E-state index >= 15 is 0 Å². The zero-order chi connectivity index (χ0) is 17.7. The van der Waals surface area contributed by atoms with E-state index in [-0.39, 0.29) is 30.1 Å². The topological polar surface area (TPSA) is 61.4 Å². The average Bonchev–Trinajstić information content (AvgIpc) is 2.53. The van der Waals surface area contributed by atoms with Gasteiger partial charge in [-0.25, -0.2) is 0 Å². The second-order valence-corrected chi connectivity index (χ2v) is 5.78. The third kappa shape index (κ3) is 5.14. The molecule has 1 aliphatic heterocycles. The summed E-state index contributed by atoms with van der Waals surface area (Å²) in [5.41, 5.74) is -0.518. The second-order valence-electron chi connectivity index (χ2n) is 5.78. The van der Waals surface area contributed by atoms with Crippen LogP contribution < -0.4 is 10.6 Å². The van der Waals surface area contributed by atoms with E-state index in [0.29, 0.717) is 25.9 Å². The molecule has 1 heterocycles. The molecule has 1 aromatic rings. The Kier molecular flexibility index (Phi) is 5.69. The first-order valence-corrected chi connectivity index (χ1v) is 7.71.